The molecular weight excluding hydrogens is 334 g/mol. The SMILES string of the molecule is CN=C(NCCc1ncc(C)s1)NC1CCc2nc(C(C)C)nn2C1. The van der Waals surface area contributed by atoms with Gasteiger partial charge in [-0.25, -0.2) is 14.6 Å². The van der Waals surface area contributed by atoms with E-state index in [0.717, 1.165) is 55.0 Å². The molecule has 0 amide bonds. The minimum Gasteiger partial charge on any atom is -0.356 e. The first-order valence-electron chi connectivity index (χ1n) is 8.87. The van der Waals surface area contributed by atoms with Gasteiger partial charge in [-0.3, -0.25) is 4.99 Å². The lowest BCUT2D eigenvalue weighted by atomic mass is 10.1. The molecule has 0 saturated carbocycles. The molecule has 25 heavy (non-hydrogen) atoms. The Morgan fingerprint density at radius 1 is 1.48 bits per heavy atom. The monoisotopic (exact) mass is 361 g/mol. The summed E-state index contributed by atoms with van der Waals surface area (Å²) in [7, 11) is 1.81. The summed E-state index contributed by atoms with van der Waals surface area (Å²) in [6, 6.07) is 0.322. The van der Waals surface area contributed by atoms with Gasteiger partial charge in [-0.2, -0.15) is 5.10 Å². The largest absolute Gasteiger partial charge is 0.356 e. The topological polar surface area (TPSA) is 80.0 Å². The molecule has 2 aromatic rings. The lowest BCUT2D eigenvalue weighted by Crippen LogP contribution is -2.47. The molecule has 2 N–H and O–H groups in total. The van der Waals surface area contributed by atoms with Gasteiger partial charge >= 0.3 is 0 Å². The van der Waals surface area contributed by atoms with E-state index >= 15 is 0 Å². The number of guanidine groups is 1. The highest BCUT2D eigenvalue weighted by Gasteiger charge is 2.23. The number of nitrogens with zero attached hydrogens (tertiary/aromatic N) is 5. The van der Waals surface area contributed by atoms with Gasteiger partial charge in [0.1, 0.15) is 5.82 Å². The van der Waals surface area contributed by atoms with Gasteiger partial charge in [-0.1, -0.05) is 13.8 Å². The number of nitrogens with one attached hydrogen (secondary N) is 2. The third-order valence-corrected chi connectivity index (χ3v) is 5.23. The van der Waals surface area contributed by atoms with E-state index in [4.69, 9.17) is 0 Å². The van der Waals surface area contributed by atoms with Crippen LogP contribution in [-0.2, 0) is 19.4 Å². The van der Waals surface area contributed by atoms with Gasteiger partial charge in [0.2, 0.25) is 0 Å². The van der Waals surface area contributed by atoms with E-state index in [9.17, 15) is 0 Å². The highest BCUT2D eigenvalue weighted by molar-refractivity contribution is 7.11. The quantitative estimate of drug-likeness (QED) is 0.628. The molecule has 7 nitrogen and oxygen atoms in total. The highest BCUT2D eigenvalue weighted by atomic mass is 32.1. The predicted octanol–water partition coefficient (Wildman–Crippen LogP) is 1.89. The van der Waals surface area contributed by atoms with Gasteiger partial charge in [0.05, 0.1) is 11.6 Å². The normalized spacial score (nSPS) is 17.6. The number of hydrogen-bond donors (Lipinski definition) is 2. The van der Waals surface area contributed by atoms with Crippen molar-refractivity contribution in [3.63, 3.8) is 0 Å². The third-order valence-electron chi connectivity index (χ3n) is 4.26. The molecule has 1 unspecified atom stereocenters. The number of thiazole rings is 1. The number of hydrogen-bond acceptors (Lipinski definition) is 5. The van der Waals surface area contributed by atoms with Crippen molar-refractivity contribution in [2.24, 2.45) is 4.99 Å². The molecule has 0 radical (unpaired) electrons. The number of aromatic nitrogens is 4. The van der Waals surface area contributed by atoms with Crippen LogP contribution in [0.15, 0.2) is 11.2 Å². The standard InChI is InChI=1S/C17H27N7S/c1-11(2)16-22-14-6-5-13(10-24(14)23-16)21-17(18-4)19-8-7-15-20-9-12(3)25-15/h9,11,13H,5-8,10H2,1-4H3,(H2,18,19,21). The van der Waals surface area contributed by atoms with Crippen LogP contribution in [0.25, 0.3) is 0 Å². The second-order valence-electron chi connectivity index (χ2n) is 6.72. The lowest BCUT2D eigenvalue weighted by Gasteiger charge is -2.25. The number of fused-ring (bicyclic) bond motifs is 1. The van der Waals surface area contributed by atoms with Crippen LogP contribution in [0.2, 0.25) is 0 Å². The van der Waals surface area contributed by atoms with Gasteiger partial charge in [0.25, 0.3) is 0 Å². The first kappa shape index (κ1) is 17.8. The molecule has 1 atom stereocenters. The molecule has 1 aliphatic rings. The fourth-order valence-electron chi connectivity index (χ4n) is 2.88. The van der Waals surface area contributed by atoms with Crippen LogP contribution in [-0.4, -0.2) is 45.3 Å². The van der Waals surface area contributed by atoms with Crippen LogP contribution < -0.4 is 10.6 Å². The summed E-state index contributed by atoms with van der Waals surface area (Å²) in [5, 5.41) is 12.7. The number of aliphatic imine (C=N–C) groups is 1. The molecule has 2 aromatic heterocycles. The summed E-state index contributed by atoms with van der Waals surface area (Å²) in [6.45, 7) is 8.01. The minimum absolute atomic E-state index is 0.322. The third kappa shape index (κ3) is 4.56. The first-order valence-corrected chi connectivity index (χ1v) is 9.69. The molecule has 3 rings (SSSR count). The van der Waals surface area contributed by atoms with Crippen LogP contribution in [0, 0.1) is 6.92 Å². The van der Waals surface area contributed by atoms with E-state index in [1.165, 1.54) is 4.88 Å². The second kappa shape index (κ2) is 7.95. The van der Waals surface area contributed by atoms with Gasteiger partial charge in [0, 0.05) is 49.5 Å². The maximum absolute atomic E-state index is 4.64. The van der Waals surface area contributed by atoms with E-state index in [-0.39, 0.29) is 0 Å². The summed E-state index contributed by atoms with van der Waals surface area (Å²) in [5.74, 6) is 3.25. The Bertz CT molecular complexity index is 731. The summed E-state index contributed by atoms with van der Waals surface area (Å²) >= 11 is 1.75. The van der Waals surface area contributed by atoms with Crippen LogP contribution in [0.4, 0.5) is 0 Å². The van der Waals surface area contributed by atoms with Crippen molar-refractivity contribution < 1.29 is 0 Å². The maximum Gasteiger partial charge on any atom is 0.191 e. The lowest BCUT2D eigenvalue weighted by molar-refractivity contribution is 0.391. The molecule has 0 fully saturated rings. The van der Waals surface area contributed by atoms with E-state index in [2.05, 4.69) is 51.5 Å². The summed E-state index contributed by atoms with van der Waals surface area (Å²) in [5.41, 5.74) is 0. The Morgan fingerprint density at radius 3 is 3.00 bits per heavy atom. The Labute approximate surface area is 153 Å². The van der Waals surface area contributed by atoms with E-state index in [0.29, 0.717) is 12.0 Å². The van der Waals surface area contributed by atoms with Crippen molar-refractivity contribution in [2.45, 2.75) is 58.5 Å². The number of aryl methyl sites for hydroxylation is 2. The van der Waals surface area contributed by atoms with Gasteiger partial charge < -0.3 is 10.6 Å². The maximum atomic E-state index is 4.64. The predicted molar refractivity (Wildman–Crippen MR) is 101 cm³/mol. The zero-order valence-corrected chi connectivity index (χ0v) is 16.2. The van der Waals surface area contributed by atoms with Gasteiger partial charge in [-0.05, 0) is 13.3 Å². The molecule has 136 valence electrons. The minimum atomic E-state index is 0.322. The van der Waals surface area contributed by atoms with Crippen molar-refractivity contribution in [1.82, 2.24) is 30.4 Å². The summed E-state index contributed by atoms with van der Waals surface area (Å²) < 4.78 is 2.04. The Balaban J connectivity index is 1.50. The average molecular weight is 362 g/mol. The Kier molecular flexibility index (Phi) is 5.67. The van der Waals surface area contributed by atoms with Crippen LogP contribution in [0.5, 0.6) is 0 Å². The zero-order chi connectivity index (χ0) is 17.8. The smallest absolute Gasteiger partial charge is 0.191 e. The van der Waals surface area contributed by atoms with Crippen molar-refractivity contribution in [1.29, 1.82) is 0 Å². The van der Waals surface area contributed by atoms with Crippen molar-refractivity contribution in [3.8, 4) is 0 Å². The van der Waals surface area contributed by atoms with Crippen LogP contribution in [0.1, 0.15) is 47.7 Å². The highest BCUT2D eigenvalue weighted by Crippen LogP contribution is 2.17. The molecule has 0 aromatic carbocycles. The Hall–Kier alpha value is -1.96. The van der Waals surface area contributed by atoms with Crippen molar-refractivity contribution in [2.75, 3.05) is 13.6 Å². The molecule has 1 aliphatic heterocycles. The van der Waals surface area contributed by atoms with Crippen LogP contribution in [0.3, 0.4) is 0 Å². The van der Waals surface area contributed by atoms with E-state index in [1.54, 1.807) is 11.3 Å². The zero-order valence-electron chi connectivity index (χ0n) is 15.4. The van der Waals surface area contributed by atoms with Gasteiger partial charge in [-0.15, -0.1) is 11.3 Å². The number of rotatable bonds is 5. The van der Waals surface area contributed by atoms with Crippen molar-refractivity contribution >= 4 is 17.3 Å². The molecule has 0 bridgehead atoms. The van der Waals surface area contributed by atoms with Crippen LogP contribution >= 0.6 is 11.3 Å². The average Bonchev–Trinajstić information content (AvgIpc) is 3.19. The second-order valence-corrected chi connectivity index (χ2v) is 8.04. The summed E-state index contributed by atoms with van der Waals surface area (Å²) in [6.07, 6.45) is 4.83. The van der Waals surface area contributed by atoms with E-state index < -0.39 is 0 Å². The first-order chi connectivity index (χ1) is 12.0. The fourth-order valence-corrected chi connectivity index (χ4v) is 3.67. The Morgan fingerprint density at radius 2 is 2.32 bits per heavy atom. The van der Waals surface area contributed by atoms with Crippen molar-refractivity contribution in [3.05, 3.63) is 27.7 Å². The van der Waals surface area contributed by atoms with E-state index in [1.807, 2.05) is 17.9 Å². The molecule has 0 spiro atoms. The molecule has 0 aliphatic carbocycles. The van der Waals surface area contributed by atoms with Gasteiger partial charge in [0.15, 0.2) is 11.8 Å². The molecule has 8 heteroatoms. The fraction of sp³-hybridized carbons (Fsp3) is 0.647. The molecule has 0 saturated heterocycles. The molecule has 3 heterocycles. The summed E-state index contributed by atoms with van der Waals surface area (Å²) in [4.78, 5) is 14.6. The molecular formula is C17H27N7S.